The highest BCUT2D eigenvalue weighted by Gasteiger charge is 2.18. The summed E-state index contributed by atoms with van der Waals surface area (Å²) in [5, 5.41) is 0. The van der Waals surface area contributed by atoms with E-state index in [9.17, 15) is 0 Å². The third-order valence-electron chi connectivity index (χ3n) is 2.72. The fourth-order valence-electron chi connectivity index (χ4n) is 1.83. The lowest BCUT2D eigenvalue weighted by Crippen LogP contribution is -2.36. The maximum Gasteiger partial charge on any atom is 0.0461 e. The lowest BCUT2D eigenvalue weighted by molar-refractivity contribution is 0.202. The van der Waals surface area contributed by atoms with Gasteiger partial charge in [-0.15, -0.1) is 0 Å². The number of pyridine rings is 1. The topological polar surface area (TPSA) is 16.1 Å². The van der Waals surface area contributed by atoms with Gasteiger partial charge in [0.2, 0.25) is 0 Å². The SMILES string of the molecule is CC(C)N1CCc2ncccc2C1. The summed E-state index contributed by atoms with van der Waals surface area (Å²) < 4.78 is 0. The van der Waals surface area contributed by atoms with E-state index < -0.39 is 0 Å². The maximum atomic E-state index is 4.39. The average Bonchev–Trinajstić information content (AvgIpc) is 2.17. The predicted molar refractivity (Wildman–Crippen MR) is 53.5 cm³/mol. The molecule has 0 saturated heterocycles. The van der Waals surface area contributed by atoms with Crippen molar-refractivity contribution < 1.29 is 0 Å². The van der Waals surface area contributed by atoms with Crippen LogP contribution in [0.5, 0.6) is 0 Å². The minimum Gasteiger partial charge on any atom is -0.296 e. The predicted octanol–water partition coefficient (Wildman–Crippen LogP) is 1.85. The summed E-state index contributed by atoms with van der Waals surface area (Å²) in [5.41, 5.74) is 2.70. The second kappa shape index (κ2) is 3.46. The number of nitrogens with zero attached hydrogens (tertiary/aromatic N) is 2. The zero-order chi connectivity index (χ0) is 9.26. The summed E-state index contributed by atoms with van der Waals surface area (Å²) in [5.74, 6) is 0. The fourth-order valence-corrected chi connectivity index (χ4v) is 1.83. The zero-order valence-electron chi connectivity index (χ0n) is 8.33. The molecule has 0 atom stereocenters. The molecular weight excluding hydrogens is 160 g/mol. The summed E-state index contributed by atoms with van der Waals surface area (Å²) in [6.45, 7) is 6.73. The highest BCUT2D eigenvalue weighted by Crippen LogP contribution is 2.17. The van der Waals surface area contributed by atoms with Crippen molar-refractivity contribution in [1.82, 2.24) is 9.88 Å². The van der Waals surface area contributed by atoms with E-state index in [-0.39, 0.29) is 0 Å². The minimum absolute atomic E-state index is 0.647. The Morgan fingerprint density at radius 2 is 2.31 bits per heavy atom. The first-order valence-electron chi connectivity index (χ1n) is 4.94. The van der Waals surface area contributed by atoms with E-state index in [0.29, 0.717) is 6.04 Å². The molecule has 0 aliphatic carbocycles. The van der Waals surface area contributed by atoms with Crippen LogP contribution in [-0.4, -0.2) is 22.5 Å². The molecule has 13 heavy (non-hydrogen) atoms. The van der Waals surface area contributed by atoms with Gasteiger partial charge in [-0.2, -0.15) is 0 Å². The van der Waals surface area contributed by atoms with Crippen LogP contribution in [0.25, 0.3) is 0 Å². The Hall–Kier alpha value is -0.890. The number of hydrogen-bond acceptors (Lipinski definition) is 2. The zero-order valence-corrected chi connectivity index (χ0v) is 8.33. The number of fused-ring (bicyclic) bond motifs is 1. The molecular formula is C11H16N2. The van der Waals surface area contributed by atoms with Crippen molar-refractivity contribution in [2.45, 2.75) is 32.9 Å². The lowest BCUT2D eigenvalue weighted by atomic mass is 10.0. The first kappa shape index (κ1) is 8.70. The van der Waals surface area contributed by atoms with Gasteiger partial charge in [-0.1, -0.05) is 6.07 Å². The maximum absolute atomic E-state index is 4.39. The molecule has 2 nitrogen and oxygen atoms in total. The Kier molecular flexibility index (Phi) is 2.32. The van der Waals surface area contributed by atoms with Crippen molar-refractivity contribution in [1.29, 1.82) is 0 Å². The molecule has 1 aromatic rings. The van der Waals surface area contributed by atoms with Crippen LogP contribution in [0.15, 0.2) is 18.3 Å². The van der Waals surface area contributed by atoms with Gasteiger partial charge in [0.05, 0.1) is 0 Å². The molecule has 0 radical (unpaired) electrons. The molecule has 1 aliphatic heterocycles. The molecule has 0 aromatic carbocycles. The second-order valence-electron chi connectivity index (χ2n) is 3.92. The Morgan fingerprint density at radius 3 is 3.08 bits per heavy atom. The van der Waals surface area contributed by atoms with E-state index >= 15 is 0 Å². The summed E-state index contributed by atoms with van der Waals surface area (Å²) in [7, 11) is 0. The quantitative estimate of drug-likeness (QED) is 0.649. The first-order valence-corrected chi connectivity index (χ1v) is 4.94. The average molecular weight is 176 g/mol. The fraction of sp³-hybridized carbons (Fsp3) is 0.545. The van der Waals surface area contributed by atoms with Crippen LogP contribution in [0, 0.1) is 0 Å². The van der Waals surface area contributed by atoms with Crippen molar-refractivity contribution in [3.63, 3.8) is 0 Å². The Morgan fingerprint density at radius 1 is 1.46 bits per heavy atom. The molecule has 0 N–H and O–H groups in total. The molecule has 0 unspecified atom stereocenters. The number of aromatic nitrogens is 1. The van der Waals surface area contributed by atoms with Gasteiger partial charge in [0.15, 0.2) is 0 Å². The van der Waals surface area contributed by atoms with Crippen LogP contribution in [0.4, 0.5) is 0 Å². The van der Waals surface area contributed by atoms with Gasteiger partial charge < -0.3 is 0 Å². The monoisotopic (exact) mass is 176 g/mol. The molecule has 0 amide bonds. The van der Waals surface area contributed by atoms with Crippen molar-refractivity contribution >= 4 is 0 Å². The van der Waals surface area contributed by atoms with Gasteiger partial charge in [-0.05, 0) is 25.5 Å². The third kappa shape index (κ3) is 1.73. The summed E-state index contributed by atoms with van der Waals surface area (Å²) in [4.78, 5) is 6.88. The lowest BCUT2D eigenvalue weighted by Gasteiger charge is -2.31. The number of hydrogen-bond donors (Lipinski definition) is 0. The molecule has 0 saturated carbocycles. The molecule has 70 valence electrons. The Bertz CT molecular complexity index is 294. The molecule has 1 aliphatic rings. The Labute approximate surface area is 79.6 Å². The van der Waals surface area contributed by atoms with Crippen molar-refractivity contribution in [2.75, 3.05) is 6.54 Å². The molecule has 0 spiro atoms. The normalized spacial score (nSPS) is 17.5. The van der Waals surface area contributed by atoms with E-state index in [1.165, 1.54) is 11.3 Å². The van der Waals surface area contributed by atoms with Gasteiger partial charge in [0.25, 0.3) is 0 Å². The third-order valence-corrected chi connectivity index (χ3v) is 2.72. The van der Waals surface area contributed by atoms with Crippen LogP contribution in [0.1, 0.15) is 25.1 Å². The van der Waals surface area contributed by atoms with E-state index in [4.69, 9.17) is 0 Å². The highest BCUT2D eigenvalue weighted by atomic mass is 15.1. The van der Waals surface area contributed by atoms with Crippen LogP contribution >= 0.6 is 0 Å². The molecule has 2 heterocycles. The van der Waals surface area contributed by atoms with Crippen LogP contribution < -0.4 is 0 Å². The minimum atomic E-state index is 0.647. The molecule has 0 fully saturated rings. The standard InChI is InChI=1S/C11H16N2/c1-9(2)13-7-5-11-10(8-13)4-3-6-12-11/h3-4,6,9H,5,7-8H2,1-2H3. The van der Waals surface area contributed by atoms with E-state index in [1.807, 2.05) is 12.3 Å². The smallest absolute Gasteiger partial charge is 0.0461 e. The van der Waals surface area contributed by atoms with Crippen molar-refractivity contribution in [3.8, 4) is 0 Å². The summed E-state index contributed by atoms with van der Waals surface area (Å²) in [6, 6.07) is 4.87. The molecule has 2 heteroatoms. The van der Waals surface area contributed by atoms with E-state index in [0.717, 1.165) is 19.5 Å². The highest BCUT2D eigenvalue weighted by molar-refractivity contribution is 5.22. The number of rotatable bonds is 1. The van der Waals surface area contributed by atoms with Crippen LogP contribution in [-0.2, 0) is 13.0 Å². The van der Waals surface area contributed by atoms with Crippen LogP contribution in [0.2, 0.25) is 0 Å². The molecule has 0 bridgehead atoms. The largest absolute Gasteiger partial charge is 0.296 e. The van der Waals surface area contributed by atoms with Gasteiger partial charge in [-0.3, -0.25) is 9.88 Å². The van der Waals surface area contributed by atoms with Gasteiger partial charge in [-0.25, -0.2) is 0 Å². The first-order chi connectivity index (χ1) is 6.27. The van der Waals surface area contributed by atoms with E-state index in [1.54, 1.807) is 0 Å². The van der Waals surface area contributed by atoms with Crippen LogP contribution in [0.3, 0.4) is 0 Å². The Balaban J connectivity index is 2.20. The summed E-state index contributed by atoms with van der Waals surface area (Å²) >= 11 is 0. The van der Waals surface area contributed by atoms with Gasteiger partial charge in [0, 0.05) is 37.4 Å². The van der Waals surface area contributed by atoms with Gasteiger partial charge in [0.1, 0.15) is 0 Å². The van der Waals surface area contributed by atoms with Gasteiger partial charge >= 0.3 is 0 Å². The van der Waals surface area contributed by atoms with Crippen molar-refractivity contribution in [2.24, 2.45) is 0 Å². The van der Waals surface area contributed by atoms with E-state index in [2.05, 4.69) is 29.8 Å². The molecule has 2 rings (SSSR count). The molecule has 1 aromatic heterocycles. The summed E-state index contributed by atoms with van der Waals surface area (Å²) in [6.07, 6.45) is 3.00. The van der Waals surface area contributed by atoms with Crippen molar-refractivity contribution in [3.05, 3.63) is 29.6 Å². The second-order valence-corrected chi connectivity index (χ2v) is 3.92.